The summed E-state index contributed by atoms with van der Waals surface area (Å²) in [6.45, 7) is 4.81. The first-order valence-electron chi connectivity index (χ1n) is 12.0. The molecule has 2 atom stereocenters. The van der Waals surface area contributed by atoms with Gasteiger partial charge in [-0.05, 0) is 69.1 Å². The van der Waals surface area contributed by atoms with E-state index in [1.165, 1.54) is 57.9 Å². The first-order chi connectivity index (χ1) is 15.6. The molecule has 0 spiro atoms. The van der Waals surface area contributed by atoms with Crippen molar-refractivity contribution in [2.24, 2.45) is 11.3 Å². The summed E-state index contributed by atoms with van der Waals surface area (Å²) in [6, 6.07) is 7.12. The van der Waals surface area contributed by atoms with Crippen molar-refractivity contribution < 1.29 is 34.4 Å². The maximum absolute atomic E-state index is 12.7. The van der Waals surface area contributed by atoms with Crippen LogP contribution in [-0.2, 0) is 14.3 Å². The smallest absolute Gasteiger partial charge is 0.338 e. The second-order valence-corrected chi connectivity index (χ2v) is 9.85. The number of carboxylic acids is 2. The van der Waals surface area contributed by atoms with Crippen LogP contribution in [0.1, 0.15) is 100 Å². The average molecular weight is 463 g/mol. The van der Waals surface area contributed by atoms with Gasteiger partial charge < -0.3 is 20.1 Å². The van der Waals surface area contributed by atoms with Gasteiger partial charge in [0.2, 0.25) is 0 Å². The van der Waals surface area contributed by atoms with Crippen molar-refractivity contribution in [1.29, 1.82) is 0 Å². The number of carboxylic acid groups (broad SMARTS) is 2. The zero-order chi connectivity index (χ0) is 24.6. The summed E-state index contributed by atoms with van der Waals surface area (Å²) in [5.41, 5.74) is -0.257. The van der Waals surface area contributed by atoms with Crippen LogP contribution in [-0.4, -0.2) is 45.4 Å². The number of carbonyl (C=O) groups is 3. The molecule has 1 aliphatic rings. The van der Waals surface area contributed by atoms with Crippen LogP contribution in [0.5, 0.6) is 0 Å². The zero-order valence-corrected chi connectivity index (χ0v) is 20.0. The number of esters is 1. The molecule has 33 heavy (non-hydrogen) atoms. The van der Waals surface area contributed by atoms with Crippen LogP contribution in [0.15, 0.2) is 24.3 Å². The van der Waals surface area contributed by atoms with Crippen LogP contribution in [0.25, 0.3) is 0 Å². The highest BCUT2D eigenvalue weighted by Gasteiger charge is 2.44. The largest absolute Gasteiger partial charge is 0.481 e. The molecule has 0 aliphatic heterocycles. The highest BCUT2D eigenvalue weighted by Crippen LogP contribution is 2.38. The minimum Gasteiger partial charge on any atom is -0.481 e. The highest BCUT2D eigenvalue weighted by atomic mass is 16.6. The monoisotopic (exact) mass is 462 g/mol. The predicted octanol–water partition coefficient (Wildman–Crippen LogP) is 5.01. The van der Waals surface area contributed by atoms with E-state index >= 15 is 0 Å². The number of aliphatic carboxylic acids is 2. The third kappa shape index (κ3) is 7.56. The molecule has 1 fully saturated rings. The minimum absolute atomic E-state index is 0.237. The van der Waals surface area contributed by atoms with E-state index in [0.29, 0.717) is 5.92 Å². The Morgan fingerprint density at radius 2 is 1.64 bits per heavy atom. The van der Waals surface area contributed by atoms with E-state index in [-0.39, 0.29) is 5.56 Å². The summed E-state index contributed by atoms with van der Waals surface area (Å²) in [7, 11) is 0. The van der Waals surface area contributed by atoms with Gasteiger partial charge in [0.1, 0.15) is 17.6 Å². The molecular weight excluding hydrogens is 424 g/mol. The maximum atomic E-state index is 12.7. The first kappa shape index (κ1) is 26.8. The van der Waals surface area contributed by atoms with Gasteiger partial charge in [-0.25, -0.2) is 4.79 Å². The number of aliphatic hydroxyl groups excluding tert-OH is 1. The fourth-order valence-corrected chi connectivity index (χ4v) is 4.66. The van der Waals surface area contributed by atoms with Gasteiger partial charge in [0.25, 0.3) is 0 Å². The molecule has 0 unspecified atom stereocenters. The summed E-state index contributed by atoms with van der Waals surface area (Å²) >= 11 is 0. The SMILES string of the molecule is CCCCCC1CCC(c2ccc(C(=O)O[C@@H]([C@H](O)CC(=O)O)C(C)(C)C(=O)O)cc2)CC1. The number of unbranched alkanes of at least 4 members (excludes halogenated alkanes) is 2. The Hall–Kier alpha value is -2.41. The summed E-state index contributed by atoms with van der Waals surface area (Å²) in [5.74, 6) is -2.12. The fourth-order valence-electron chi connectivity index (χ4n) is 4.66. The van der Waals surface area contributed by atoms with E-state index in [1.807, 2.05) is 12.1 Å². The standard InChI is InChI=1S/C26H38O7/c1-4-5-6-7-17-8-10-18(11-9-17)19-12-14-20(15-13-19)24(30)33-23(21(27)16-22(28)29)26(2,3)25(31)32/h12-15,17-18,21,23,27H,4-11,16H2,1-3H3,(H,28,29)(H,31,32)/t17?,18?,21-,23+/m1/s1. The third-order valence-corrected chi connectivity index (χ3v) is 6.91. The van der Waals surface area contributed by atoms with Crippen molar-refractivity contribution in [2.45, 2.75) is 96.7 Å². The second kappa shape index (κ2) is 12.2. The molecule has 0 saturated heterocycles. The van der Waals surface area contributed by atoms with Gasteiger partial charge in [0.05, 0.1) is 12.0 Å². The third-order valence-electron chi connectivity index (χ3n) is 6.91. The Labute approximate surface area is 196 Å². The quantitative estimate of drug-likeness (QED) is 0.295. The van der Waals surface area contributed by atoms with Crippen molar-refractivity contribution in [3.63, 3.8) is 0 Å². The number of benzene rings is 1. The zero-order valence-electron chi connectivity index (χ0n) is 20.0. The molecule has 0 heterocycles. The molecular formula is C26H38O7. The lowest BCUT2D eigenvalue weighted by atomic mass is 9.77. The van der Waals surface area contributed by atoms with Crippen LogP contribution in [0.4, 0.5) is 0 Å². The van der Waals surface area contributed by atoms with Crippen molar-refractivity contribution in [3.05, 3.63) is 35.4 Å². The summed E-state index contributed by atoms with van der Waals surface area (Å²) in [5, 5.41) is 28.7. The molecule has 1 aromatic carbocycles. The van der Waals surface area contributed by atoms with Gasteiger partial charge in [0, 0.05) is 0 Å². The van der Waals surface area contributed by atoms with Gasteiger partial charge in [0.15, 0.2) is 0 Å². The first-order valence-corrected chi connectivity index (χ1v) is 12.0. The van der Waals surface area contributed by atoms with Gasteiger partial charge in [-0.15, -0.1) is 0 Å². The molecule has 1 aliphatic carbocycles. The minimum atomic E-state index is -1.67. The van der Waals surface area contributed by atoms with E-state index in [2.05, 4.69) is 6.92 Å². The van der Waals surface area contributed by atoms with Crippen molar-refractivity contribution in [3.8, 4) is 0 Å². The molecule has 7 heteroatoms. The molecule has 0 amide bonds. The Morgan fingerprint density at radius 3 is 2.15 bits per heavy atom. The molecule has 3 N–H and O–H groups in total. The Morgan fingerprint density at radius 1 is 1.03 bits per heavy atom. The number of hydrogen-bond donors (Lipinski definition) is 3. The molecule has 184 valence electrons. The van der Waals surface area contributed by atoms with E-state index in [9.17, 15) is 24.6 Å². The van der Waals surface area contributed by atoms with E-state index < -0.39 is 42.0 Å². The number of carbonyl (C=O) groups excluding carboxylic acids is 1. The Kier molecular flexibility index (Phi) is 9.89. The van der Waals surface area contributed by atoms with Crippen molar-refractivity contribution in [1.82, 2.24) is 0 Å². The summed E-state index contributed by atoms with van der Waals surface area (Å²) < 4.78 is 5.34. The van der Waals surface area contributed by atoms with Crippen LogP contribution in [0.3, 0.4) is 0 Å². The predicted molar refractivity (Wildman–Crippen MR) is 124 cm³/mol. The van der Waals surface area contributed by atoms with Gasteiger partial charge in [-0.3, -0.25) is 9.59 Å². The molecule has 1 saturated carbocycles. The number of hydrogen-bond acceptors (Lipinski definition) is 5. The molecule has 7 nitrogen and oxygen atoms in total. The van der Waals surface area contributed by atoms with Gasteiger partial charge in [-0.1, -0.05) is 44.7 Å². The van der Waals surface area contributed by atoms with Crippen LogP contribution in [0, 0.1) is 11.3 Å². The number of ether oxygens (including phenoxy) is 1. The van der Waals surface area contributed by atoms with E-state index in [4.69, 9.17) is 9.84 Å². The highest BCUT2D eigenvalue weighted by molar-refractivity contribution is 5.90. The van der Waals surface area contributed by atoms with Crippen molar-refractivity contribution in [2.75, 3.05) is 0 Å². The van der Waals surface area contributed by atoms with Crippen molar-refractivity contribution >= 4 is 17.9 Å². The van der Waals surface area contributed by atoms with Crippen LogP contribution in [0.2, 0.25) is 0 Å². The van der Waals surface area contributed by atoms with Crippen LogP contribution < -0.4 is 0 Å². The molecule has 0 aromatic heterocycles. The van der Waals surface area contributed by atoms with E-state index in [1.54, 1.807) is 12.1 Å². The fraction of sp³-hybridized carbons (Fsp3) is 0.654. The average Bonchev–Trinajstić information content (AvgIpc) is 2.77. The molecule has 1 aromatic rings. The maximum Gasteiger partial charge on any atom is 0.338 e. The van der Waals surface area contributed by atoms with Gasteiger partial charge >= 0.3 is 17.9 Å². The van der Waals surface area contributed by atoms with Gasteiger partial charge in [-0.2, -0.15) is 0 Å². The normalized spacial score (nSPS) is 20.6. The summed E-state index contributed by atoms with van der Waals surface area (Å²) in [6.07, 6.45) is 6.01. The Bertz CT molecular complexity index is 791. The molecule has 2 rings (SSSR count). The number of aliphatic hydroxyl groups is 1. The summed E-state index contributed by atoms with van der Waals surface area (Å²) in [4.78, 5) is 35.3. The Balaban J connectivity index is 2.02. The van der Waals surface area contributed by atoms with E-state index in [0.717, 1.165) is 18.8 Å². The molecule has 0 radical (unpaired) electrons. The van der Waals surface area contributed by atoms with Crippen LogP contribution >= 0.6 is 0 Å². The molecule has 0 bridgehead atoms. The lowest BCUT2D eigenvalue weighted by Gasteiger charge is -2.33. The lowest BCUT2D eigenvalue weighted by Crippen LogP contribution is -2.48. The lowest BCUT2D eigenvalue weighted by molar-refractivity contribution is -0.162. The topological polar surface area (TPSA) is 121 Å². The second-order valence-electron chi connectivity index (χ2n) is 9.85. The number of rotatable bonds is 12.